The molecule has 0 amide bonds. The van der Waals surface area contributed by atoms with Gasteiger partial charge in [0.25, 0.3) is 0 Å². The summed E-state index contributed by atoms with van der Waals surface area (Å²) in [5, 5.41) is 8.00. The maximum atomic E-state index is 13.7. The molecule has 2 aliphatic heterocycles. The molecule has 2 bridgehead atoms. The largest absolute Gasteiger partial charge is 0.433 e. The molecule has 3 aliphatic rings. The Hall–Kier alpha value is -3.44. The van der Waals surface area contributed by atoms with Crippen LogP contribution in [0.1, 0.15) is 18.5 Å². The third-order valence-electron chi connectivity index (χ3n) is 7.17. The highest BCUT2D eigenvalue weighted by Gasteiger charge is 2.43. The van der Waals surface area contributed by atoms with Gasteiger partial charge in [-0.15, -0.1) is 5.10 Å². The standard InChI is InChI=1S/C23H22F5N7/c24-17-4-3-16(9-18(17)25)34-7-8-35-22(34)31-21(32-35)30-20-13-1-2-14(20)12-33(11-13)15-5-6-29-19(10-15)23(26,27)28/h3-6,9-10,13-14,20H,1-2,7-8,11-12H2,(H,30,32)/t13-,14?,20-/m0/s1. The van der Waals surface area contributed by atoms with Crippen molar-refractivity contribution in [3.63, 3.8) is 0 Å². The normalized spacial score (nSPS) is 23.6. The highest BCUT2D eigenvalue weighted by Crippen LogP contribution is 2.41. The van der Waals surface area contributed by atoms with E-state index in [9.17, 15) is 22.0 Å². The Bertz CT molecular complexity index is 1250. The van der Waals surface area contributed by atoms with Crippen LogP contribution >= 0.6 is 0 Å². The maximum Gasteiger partial charge on any atom is 0.433 e. The molecule has 184 valence electrons. The zero-order valence-corrected chi connectivity index (χ0v) is 18.5. The number of aromatic nitrogens is 4. The fourth-order valence-electron chi connectivity index (χ4n) is 5.53. The second-order valence-corrected chi connectivity index (χ2v) is 9.28. The monoisotopic (exact) mass is 491 g/mol. The number of nitrogens with zero attached hydrogens (tertiary/aromatic N) is 6. The van der Waals surface area contributed by atoms with E-state index in [2.05, 4.69) is 20.4 Å². The average molecular weight is 491 g/mol. The predicted octanol–water partition coefficient (Wildman–Crippen LogP) is 4.45. The Kier molecular flexibility index (Phi) is 5.08. The van der Waals surface area contributed by atoms with Crippen LogP contribution in [0.5, 0.6) is 0 Å². The molecule has 35 heavy (non-hydrogen) atoms. The number of hydrogen-bond donors (Lipinski definition) is 1. The second-order valence-electron chi connectivity index (χ2n) is 9.28. The molecule has 0 spiro atoms. The summed E-state index contributed by atoms with van der Waals surface area (Å²) in [4.78, 5) is 11.9. The molecule has 3 atom stereocenters. The molecule has 1 N–H and O–H groups in total. The van der Waals surface area contributed by atoms with Gasteiger partial charge in [0.15, 0.2) is 11.6 Å². The lowest BCUT2D eigenvalue weighted by molar-refractivity contribution is -0.141. The number of piperidine rings is 1. The maximum absolute atomic E-state index is 13.7. The van der Waals surface area contributed by atoms with Crippen LogP contribution in [0, 0.1) is 23.5 Å². The molecule has 4 heterocycles. The number of halogens is 5. The zero-order valence-electron chi connectivity index (χ0n) is 18.5. The van der Waals surface area contributed by atoms with Crippen molar-refractivity contribution in [2.24, 2.45) is 11.8 Å². The van der Waals surface area contributed by atoms with Crippen molar-refractivity contribution in [3.8, 4) is 0 Å². The van der Waals surface area contributed by atoms with Crippen molar-refractivity contribution in [3.05, 3.63) is 53.9 Å². The van der Waals surface area contributed by atoms with E-state index in [4.69, 9.17) is 0 Å². The van der Waals surface area contributed by atoms with E-state index in [-0.39, 0.29) is 17.9 Å². The van der Waals surface area contributed by atoms with Gasteiger partial charge in [0, 0.05) is 49.3 Å². The first-order valence-electron chi connectivity index (χ1n) is 11.5. The van der Waals surface area contributed by atoms with Crippen molar-refractivity contribution in [2.45, 2.75) is 31.6 Å². The van der Waals surface area contributed by atoms with Crippen molar-refractivity contribution in [1.29, 1.82) is 0 Å². The Labute approximate surface area is 197 Å². The Morgan fingerprint density at radius 3 is 2.40 bits per heavy atom. The van der Waals surface area contributed by atoms with Gasteiger partial charge in [-0.05, 0) is 48.9 Å². The highest BCUT2D eigenvalue weighted by atomic mass is 19.4. The molecule has 1 saturated carbocycles. The van der Waals surface area contributed by atoms with Crippen LogP contribution in [0.2, 0.25) is 0 Å². The predicted molar refractivity (Wildman–Crippen MR) is 118 cm³/mol. The number of fused-ring (bicyclic) bond motifs is 3. The van der Waals surface area contributed by atoms with Crippen molar-refractivity contribution >= 4 is 23.3 Å². The van der Waals surface area contributed by atoms with Crippen molar-refractivity contribution < 1.29 is 22.0 Å². The number of rotatable bonds is 4. The first-order chi connectivity index (χ1) is 16.8. The van der Waals surface area contributed by atoms with Gasteiger partial charge in [-0.3, -0.25) is 4.98 Å². The van der Waals surface area contributed by atoms with Crippen molar-refractivity contribution in [2.75, 3.05) is 34.8 Å². The molecule has 2 aromatic heterocycles. The Morgan fingerprint density at radius 1 is 0.914 bits per heavy atom. The van der Waals surface area contributed by atoms with Gasteiger partial charge in [-0.1, -0.05) is 0 Å². The summed E-state index contributed by atoms with van der Waals surface area (Å²) in [7, 11) is 0. The van der Waals surface area contributed by atoms with Gasteiger partial charge in [-0.2, -0.15) is 18.2 Å². The van der Waals surface area contributed by atoms with E-state index in [0.717, 1.165) is 31.0 Å². The first-order valence-corrected chi connectivity index (χ1v) is 11.5. The van der Waals surface area contributed by atoms with Crippen LogP contribution in [0.25, 0.3) is 0 Å². The molecule has 2 fully saturated rings. The molecule has 7 nitrogen and oxygen atoms in total. The van der Waals surface area contributed by atoms with E-state index in [1.807, 2.05) is 4.90 Å². The first kappa shape index (κ1) is 22.1. The van der Waals surface area contributed by atoms with Gasteiger partial charge in [0.05, 0.1) is 6.54 Å². The summed E-state index contributed by atoms with van der Waals surface area (Å²) in [6, 6.07) is 6.59. The molecular formula is C23H22F5N7. The van der Waals surface area contributed by atoms with E-state index >= 15 is 0 Å². The van der Waals surface area contributed by atoms with Gasteiger partial charge < -0.3 is 15.1 Å². The smallest absolute Gasteiger partial charge is 0.371 e. The highest BCUT2D eigenvalue weighted by molar-refractivity contribution is 5.60. The minimum Gasteiger partial charge on any atom is -0.371 e. The fourth-order valence-corrected chi connectivity index (χ4v) is 5.53. The fraction of sp³-hybridized carbons (Fsp3) is 0.435. The van der Waals surface area contributed by atoms with Crippen LogP contribution in [0.15, 0.2) is 36.5 Å². The van der Waals surface area contributed by atoms with Gasteiger partial charge in [0.2, 0.25) is 11.9 Å². The zero-order chi connectivity index (χ0) is 24.3. The van der Waals surface area contributed by atoms with E-state index in [1.165, 1.54) is 12.3 Å². The molecule has 12 heteroatoms. The summed E-state index contributed by atoms with van der Waals surface area (Å²) < 4.78 is 68.1. The van der Waals surface area contributed by atoms with E-state index in [1.54, 1.807) is 15.6 Å². The van der Waals surface area contributed by atoms with Gasteiger partial charge >= 0.3 is 6.18 Å². The summed E-state index contributed by atoms with van der Waals surface area (Å²) in [5.74, 6) is -0.335. The number of benzene rings is 1. The average Bonchev–Trinajstić information content (AvgIpc) is 3.46. The SMILES string of the molecule is Fc1ccc(N2CCn3nc(N[C@@H]4C5CC[C@H]4CN(c4ccnc(C(F)(F)F)c4)C5)nc32)cc1F. The third kappa shape index (κ3) is 3.94. The molecule has 6 rings (SSSR count). The van der Waals surface area contributed by atoms with Gasteiger partial charge in [0.1, 0.15) is 5.69 Å². The second kappa shape index (κ2) is 8.06. The van der Waals surface area contributed by atoms with Crippen molar-refractivity contribution in [1.82, 2.24) is 19.7 Å². The summed E-state index contributed by atoms with van der Waals surface area (Å²) >= 11 is 0. The van der Waals surface area contributed by atoms with Crippen LogP contribution in [0.3, 0.4) is 0 Å². The van der Waals surface area contributed by atoms with Gasteiger partial charge in [-0.25, -0.2) is 13.5 Å². The number of hydrogen-bond acceptors (Lipinski definition) is 6. The van der Waals surface area contributed by atoms with Crippen LogP contribution < -0.4 is 15.1 Å². The lowest BCUT2D eigenvalue weighted by Gasteiger charge is -2.39. The Morgan fingerprint density at radius 2 is 1.69 bits per heavy atom. The summed E-state index contributed by atoms with van der Waals surface area (Å²) in [6.45, 7) is 2.38. The summed E-state index contributed by atoms with van der Waals surface area (Å²) in [5.41, 5.74) is 0.152. The van der Waals surface area contributed by atoms with Crippen LogP contribution in [-0.2, 0) is 12.7 Å². The van der Waals surface area contributed by atoms with E-state index in [0.29, 0.717) is 49.5 Å². The molecular weight excluding hydrogens is 469 g/mol. The molecule has 1 aromatic carbocycles. The third-order valence-corrected chi connectivity index (χ3v) is 7.17. The lowest BCUT2D eigenvalue weighted by atomic mass is 9.92. The number of pyridine rings is 1. The number of alkyl halides is 3. The molecule has 1 saturated heterocycles. The lowest BCUT2D eigenvalue weighted by Crippen LogP contribution is -2.48. The quantitative estimate of drug-likeness (QED) is 0.545. The van der Waals surface area contributed by atoms with Crippen LogP contribution in [0.4, 0.5) is 45.2 Å². The molecule has 1 aliphatic carbocycles. The minimum absolute atomic E-state index is 0.106. The Balaban J connectivity index is 1.17. The molecule has 0 radical (unpaired) electrons. The summed E-state index contributed by atoms with van der Waals surface area (Å²) in [6.07, 6.45) is -1.34. The number of nitrogens with one attached hydrogen (secondary N) is 1. The van der Waals surface area contributed by atoms with E-state index < -0.39 is 23.5 Å². The number of anilines is 4. The topological polar surface area (TPSA) is 62.1 Å². The molecule has 3 aromatic rings. The minimum atomic E-state index is -4.48. The van der Waals surface area contributed by atoms with Crippen LogP contribution in [-0.4, -0.2) is 45.4 Å². The molecule has 1 unspecified atom stereocenters.